The van der Waals surface area contributed by atoms with Crippen molar-refractivity contribution in [3.05, 3.63) is 33.4 Å². The van der Waals surface area contributed by atoms with Gasteiger partial charge in [-0.25, -0.2) is 9.18 Å². The van der Waals surface area contributed by atoms with E-state index in [2.05, 4.69) is 5.32 Å². The van der Waals surface area contributed by atoms with Crippen molar-refractivity contribution in [3.8, 4) is 0 Å². The van der Waals surface area contributed by atoms with Crippen LogP contribution in [0.3, 0.4) is 0 Å². The molecule has 1 aliphatic heterocycles. The van der Waals surface area contributed by atoms with Crippen molar-refractivity contribution in [2.75, 3.05) is 23.3 Å². The summed E-state index contributed by atoms with van der Waals surface area (Å²) >= 11 is 0. The van der Waals surface area contributed by atoms with Gasteiger partial charge in [0.1, 0.15) is 5.56 Å². The molecule has 2 heterocycles. The Kier molecular flexibility index (Phi) is 4.80. The van der Waals surface area contributed by atoms with Gasteiger partial charge in [-0.15, -0.1) is 0 Å². The minimum absolute atomic E-state index is 0.0353. The Morgan fingerprint density at radius 3 is 2.47 bits per heavy atom. The molecular weight excluding hydrogens is 391 g/mol. The highest BCUT2D eigenvalue weighted by Crippen LogP contribution is 2.43. The van der Waals surface area contributed by atoms with Gasteiger partial charge in [0.15, 0.2) is 5.82 Å². The quantitative estimate of drug-likeness (QED) is 0.704. The zero-order valence-corrected chi connectivity index (χ0v) is 17.2. The number of aryl methyl sites for hydroxylation is 1. The van der Waals surface area contributed by atoms with Crippen molar-refractivity contribution in [3.63, 3.8) is 0 Å². The molecule has 1 saturated heterocycles. The number of nitrogens with zero attached hydrogens (tertiary/aromatic N) is 2. The number of hydrogen-bond acceptors (Lipinski definition) is 5. The van der Waals surface area contributed by atoms with E-state index in [1.165, 1.54) is 13.1 Å². The van der Waals surface area contributed by atoms with Crippen LogP contribution >= 0.6 is 0 Å². The molecule has 1 saturated carbocycles. The number of rotatable bonds is 4. The molecule has 0 spiro atoms. The first kappa shape index (κ1) is 20.3. The van der Waals surface area contributed by atoms with Crippen LogP contribution in [0.2, 0.25) is 0 Å². The lowest BCUT2D eigenvalue weighted by Gasteiger charge is -2.26. The van der Waals surface area contributed by atoms with Crippen LogP contribution in [-0.2, 0) is 4.79 Å². The van der Waals surface area contributed by atoms with Crippen LogP contribution in [0.4, 0.5) is 15.8 Å². The first-order valence-corrected chi connectivity index (χ1v) is 10.0. The fourth-order valence-electron chi connectivity index (χ4n) is 4.39. The third-order valence-electron chi connectivity index (χ3n) is 6.08. The van der Waals surface area contributed by atoms with Crippen molar-refractivity contribution >= 4 is 34.2 Å². The van der Waals surface area contributed by atoms with Crippen LogP contribution in [0.25, 0.3) is 10.9 Å². The van der Waals surface area contributed by atoms with Gasteiger partial charge >= 0.3 is 5.97 Å². The summed E-state index contributed by atoms with van der Waals surface area (Å²) < 4.78 is 17.6. The average Bonchev–Trinajstić information content (AvgIpc) is 3.44. The molecule has 1 aromatic heterocycles. The minimum Gasteiger partial charge on any atom is -0.477 e. The highest BCUT2D eigenvalue weighted by Gasteiger charge is 2.35. The van der Waals surface area contributed by atoms with Gasteiger partial charge in [0, 0.05) is 38.3 Å². The van der Waals surface area contributed by atoms with Crippen molar-refractivity contribution in [1.82, 2.24) is 4.57 Å². The zero-order chi connectivity index (χ0) is 21.9. The van der Waals surface area contributed by atoms with Gasteiger partial charge in [0.05, 0.1) is 22.3 Å². The molecule has 0 bridgehead atoms. The number of aromatic carboxylic acids is 1. The van der Waals surface area contributed by atoms with E-state index in [-0.39, 0.29) is 29.1 Å². The van der Waals surface area contributed by atoms with Gasteiger partial charge < -0.3 is 25.6 Å². The number of carbonyl (C=O) groups is 2. The number of pyridine rings is 1. The van der Waals surface area contributed by atoms with Crippen molar-refractivity contribution in [1.29, 1.82) is 0 Å². The third-order valence-corrected chi connectivity index (χ3v) is 6.08. The van der Waals surface area contributed by atoms with Crippen LogP contribution in [0, 0.1) is 18.7 Å². The number of nitrogens with one attached hydrogen (secondary N) is 1. The molecule has 30 heavy (non-hydrogen) atoms. The summed E-state index contributed by atoms with van der Waals surface area (Å²) in [6, 6.07) is -0.0862. The van der Waals surface area contributed by atoms with Gasteiger partial charge in [-0.05, 0) is 31.2 Å². The molecule has 1 amide bonds. The summed E-state index contributed by atoms with van der Waals surface area (Å²) in [7, 11) is 0. The highest BCUT2D eigenvalue weighted by atomic mass is 19.1. The second-order valence-corrected chi connectivity index (χ2v) is 8.43. The Morgan fingerprint density at radius 2 is 1.97 bits per heavy atom. The predicted octanol–water partition coefficient (Wildman–Crippen LogP) is 2.22. The highest BCUT2D eigenvalue weighted by molar-refractivity contribution is 6.06. The SMILES string of the molecule is CC(=O)Nc1c(F)c(N2CC(C)C(N)C2)c(C)c2c1c(=O)c(C(=O)O)cn2C1CC1. The maximum atomic E-state index is 15.8. The smallest absolute Gasteiger partial charge is 0.341 e. The molecular formula is C21H25FN4O4. The number of amides is 1. The number of aromatic nitrogens is 1. The van der Waals surface area contributed by atoms with Gasteiger partial charge in [0.2, 0.25) is 11.3 Å². The van der Waals surface area contributed by atoms with Crippen LogP contribution in [0.15, 0.2) is 11.0 Å². The van der Waals surface area contributed by atoms with E-state index in [0.29, 0.717) is 29.9 Å². The molecule has 1 aliphatic carbocycles. The number of carbonyl (C=O) groups excluding carboxylic acids is 1. The summed E-state index contributed by atoms with van der Waals surface area (Å²) in [6.45, 7) is 5.94. The maximum absolute atomic E-state index is 15.8. The first-order valence-electron chi connectivity index (χ1n) is 10.0. The molecule has 2 unspecified atom stereocenters. The van der Waals surface area contributed by atoms with Gasteiger partial charge in [-0.2, -0.15) is 0 Å². The number of carboxylic acid groups (broad SMARTS) is 1. The molecule has 9 heteroatoms. The number of halogens is 1. The molecule has 2 atom stereocenters. The van der Waals surface area contributed by atoms with E-state index in [1.54, 1.807) is 11.5 Å². The Balaban J connectivity index is 2.12. The molecule has 160 valence electrons. The number of benzene rings is 1. The fourth-order valence-corrected chi connectivity index (χ4v) is 4.39. The zero-order valence-electron chi connectivity index (χ0n) is 17.2. The number of carboxylic acids is 1. The molecule has 4 rings (SSSR count). The van der Waals surface area contributed by atoms with Crippen LogP contribution in [0.5, 0.6) is 0 Å². The number of hydrogen-bond donors (Lipinski definition) is 3. The van der Waals surface area contributed by atoms with Gasteiger partial charge in [-0.3, -0.25) is 9.59 Å². The second kappa shape index (κ2) is 7.09. The third kappa shape index (κ3) is 3.13. The fraction of sp³-hybridized carbons (Fsp3) is 0.476. The maximum Gasteiger partial charge on any atom is 0.341 e. The normalized spacial score (nSPS) is 21.3. The minimum atomic E-state index is -1.38. The van der Waals surface area contributed by atoms with E-state index in [9.17, 15) is 19.5 Å². The van der Waals surface area contributed by atoms with E-state index < -0.39 is 28.7 Å². The lowest BCUT2D eigenvalue weighted by atomic mass is 10.0. The lowest BCUT2D eigenvalue weighted by Crippen LogP contribution is -2.30. The number of nitrogens with two attached hydrogens (primary N) is 1. The summed E-state index contributed by atoms with van der Waals surface area (Å²) in [5.74, 6) is -2.51. The average molecular weight is 416 g/mol. The Hall–Kier alpha value is -2.94. The molecule has 4 N–H and O–H groups in total. The molecule has 1 aromatic carbocycles. The molecule has 8 nitrogen and oxygen atoms in total. The summed E-state index contributed by atoms with van der Waals surface area (Å²) in [4.78, 5) is 38.5. The van der Waals surface area contributed by atoms with E-state index >= 15 is 4.39 Å². The van der Waals surface area contributed by atoms with E-state index in [0.717, 1.165) is 12.8 Å². The van der Waals surface area contributed by atoms with Crippen LogP contribution < -0.4 is 21.4 Å². The Morgan fingerprint density at radius 1 is 1.30 bits per heavy atom. The van der Waals surface area contributed by atoms with Crippen molar-refractivity contribution < 1.29 is 19.1 Å². The summed E-state index contributed by atoms with van der Waals surface area (Å²) in [5, 5.41) is 11.9. The predicted molar refractivity (Wildman–Crippen MR) is 112 cm³/mol. The summed E-state index contributed by atoms with van der Waals surface area (Å²) in [6.07, 6.45) is 3.02. The molecule has 2 fully saturated rings. The summed E-state index contributed by atoms with van der Waals surface area (Å²) in [5.41, 5.74) is 5.93. The topological polar surface area (TPSA) is 118 Å². The number of anilines is 2. The molecule has 0 radical (unpaired) electrons. The van der Waals surface area contributed by atoms with Gasteiger partial charge in [-0.1, -0.05) is 6.92 Å². The molecule has 2 aliphatic rings. The van der Waals surface area contributed by atoms with Crippen LogP contribution in [0.1, 0.15) is 48.7 Å². The monoisotopic (exact) mass is 416 g/mol. The lowest BCUT2D eigenvalue weighted by molar-refractivity contribution is -0.114. The second-order valence-electron chi connectivity index (χ2n) is 8.43. The van der Waals surface area contributed by atoms with Crippen molar-refractivity contribution in [2.45, 2.75) is 45.7 Å². The Bertz CT molecular complexity index is 1130. The number of fused-ring (bicyclic) bond motifs is 1. The van der Waals surface area contributed by atoms with E-state index in [1.807, 2.05) is 11.8 Å². The van der Waals surface area contributed by atoms with Crippen LogP contribution in [-0.4, -0.2) is 40.7 Å². The standard InChI is InChI=1S/C21H25FN4O4/c1-9-6-25(8-14(9)23)19-10(2)18-15(17(16(19)22)24-11(3)27)20(28)13(21(29)30)7-26(18)12-4-5-12/h7,9,12,14H,4-6,8,23H2,1-3H3,(H,24,27)(H,29,30). The largest absolute Gasteiger partial charge is 0.477 e. The van der Waals surface area contributed by atoms with Gasteiger partial charge in [0.25, 0.3) is 0 Å². The Labute approximate surface area is 172 Å². The van der Waals surface area contributed by atoms with Crippen molar-refractivity contribution in [2.24, 2.45) is 11.7 Å². The van der Waals surface area contributed by atoms with E-state index in [4.69, 9.17) is 5.73 Å². The first-order chi connectivity index (χ1) is 14.1. The molecule has 2 aromatic rings.